The van der Waals surface area contributed by atoms with Gasteiger partial charge in [-0.1, -0.05) is 55.1 Å². The van der Waals surface area contributed by atoms with Crippen molar-refractivity contribution in [2.45, 2.75) is 26.3 Å². The maximum absolute atomic E-state index is 12.7. The molecule has 2 heterocycles. The summed E-state index contributed by atoms with van der Waals surface area (Å²) in [6.45, 7) is 2.17. The standard InChI is InChI=1S/C28H23F3N6O3S/c1-2-19-7-3-4-9-23(19)37-24(38)16-41-27(37)34-26(39)32-15-18-6-5-8-20(14-18)25-33-17-36(35-25)21-10-12-22(13-11-21)40-28(29,30)31/h3-14,17H,2,15-16H2,1H3,(H,32,39). The molecule has 1 aliphatic rings. The van der Waals surface area contributed by atoms with Gasteiger partial charge in [0.25, 0.3) is 0 Å². The van der Waals surface area contributed by atoms with E-state index in [2.05, 4.69) is 25.1 Å². The first kappa shape index (κ1) is 27.9. The molecule has 0 atom stereocenters. The van der Waals surface area contributed by atoms with Crippen molar-refractivity contribution < 1.29 is 27.5 Å². The highest BCUT2D eigenvalue weighted by Gasteiger charge is 2.32. The van der Waals surface area contributed by atoms with Crippen LogP contribution in [0.3, 0.4) is 0 Å². The summed E-state index contributed by atoms with van der Waals surface area (Å²) in [5, 5.41) is 7.50. The van der Waals surface area contributed by atoms with Crippen molar-refractivity contribution in [1.29, 1.82) is 0 Å². The Morgan fingerprint density at radius 2 is 1.88 bits per heavy atom. The first-order chi connectivity index (χ1) is 19.7. The number of halogens is 3. The number of hydrogen-bond donors (Lipinski definition) is 1. The fraction of sp³-hybridized carbons (Fsp3) is 0.179. The summed E-state index contributed by atoms with van der Waals surface area (Å²) in [5.41, 5.74) is 3.65. The van der Waals surface area contributed by atoms with Gasteiger partial charge in [0.2, 0.25) is 5.91 Å². The number of carbonyl (C=O) groups excluding carboxylic acids is 2. The second-order valence-corrected chi connectivity index (χ2v) is 9.75. The van der Waals surface area contributed by atoms with E-state index in [-0.39, 0.29) is 24.0 Å². The lowest BCUT2D eigenvalue weighted by molar-refractivity contribution is -0.274. The molecule has 9 nitrogen and oxygen atoms in total. The van der Waals surface area contributed by atoms with E-state index in [1.165, 1.54) is 51.9 Å². The van der Waals surface area contributed by atoms with E-state index in [0.29, 0.717) is 22.2 Å². The van der Waals surface area contributed by atoms with Gasteiger partial charge in [0.1, 0.15) is 12.1 Å². The van der Waals surface area contributed by atoms with E-state index in [4.69, 9.17) is 0 Å². The van der Waals surface area contributed by atoms with E-state index >= 15 is 0 Å². The third-order valence-corrected chi connectivity index (χ3v) is 6.95. The minimum absolute atomic E-state index is 0.132. The molecule has 1 N–H and O–H groups in total. The number of urea groups is 1. The number of anilines is 1. The Balaban J connectivity index is 1.25. The van der Waals surface area contributed by atoms with Crippen molar-refractivity contribution in [2.24, 2.45) is 4.99 Å². The summed E-state index contributed by atoms with van der Waals surface area (Å²) < 4.78 is 42.5. The molecule has 0 aliphatic carbocycles. The molecule has 1 fully saturated rings. The van der Waals surface area contributed by atoms with Crippen LogP contribution in [0.1, 0.15) is 18.1 Å². The van der Waals surface area contributed by atoms with Crippen LogP contribution in [-0.4, -0.2) is 44.0 Å². The number of carbonyl (C=O) groups is 2. The minimum atomic E-state index is -4.77. The average Bonchev–Trinajstić information content (AvgIpc) is 3.59. The van der Waals surface area contributed by atoms with E-state index < -0.39 is 12.4 Å². The summed E-state index contributed by atoms with van der Waals surface area (Å²) in [6, 6.07) is 19.4. The third kappa shape index (κ3) is 6.74. The fourth-order valence-electron chi connectivity index (χ4n) is 4.15. The molecule has 0 unspecified atom stereocenters. The average molecular weight is 581 g/mol. The summed E-state index contributed by atoms with van der Waals surface area (Å²) in [7, 11) is 0. The maximum atomic E-state index is 12.7. The molecule has 13 heteroatoms. The zero-order valence-corrected chi connectivity index (χ0v) is 22.4. The van der Waals surface area contributed by atoms with Crippen molar-refractivity contribution in [1.82, 2.24) is 20.1 Å². The Bertz CT molecular complexity index is 1600. The van der Waals surface area contributed by atoms with E-state index in [0.717, 1.165) is 23.2 Å². The van der Waals surface area contributed by atoms with Crippen molar-refractivity contribution in [3.05, 3.63) is 90.3 Å². The number of alkyl halides is 3. The number of amides is 3. The van der Waals surface area contributed by atoms with Gasteiger partial charge in [0.15, 0.2) is 11.0 Å². The molecule has 1 aliphatic heterocycles. The van der Waals surface area contributed by atoms with Crippen LogP contribution in [-0.2, 0) is 17.8 Å². The number of thioether (sulfide) groups is 1. The summed E-state index contributed by atoms with van der Waals surface area (Å²) >= 11 is 1.22. The number of para-hydroxylation sites is 1. The molecule has 3 amide bonds. The van der Waals surface area contributed by atoms with Crippen LogP contribution in [0, 0.1) is 0 Å². The predicted octanol–water partition coefficient (Wildman–Crippen LogP) is 5.74. The molecule has 0 saturated carbocycles. The molecule has 3 aromatic carbocycles. The summed E-state index contributed by atoms with van der Waals surface area (Å²) in [4.78, 5) is 35.2. The molecule has 5 rings (SSSR count). The van der Waals surface area contributed by atoms with Crippen LogP contribution in [0.25, 0.3) is 17.1 Å². The first-order valence-electron chi connectivity index (χ1n) is 12.5. The molecule has 0 spiro atoms. The number of aryl methyl sites for hydroxylation is 1. The highest BCUT2D eigenvalue weighted by atomic mass is 32.2. The molecular formula is C28H23F3N6O3S. The van der Waals surface area contributed by atoms with Gasteiger partial charge in [-0.3, -0.25) is 9.69 Å². The van der Waals surface area contributed by atoms with Crippen LogP contribution >= 0.6 is 11.8 Å². The smallest absolute Gasteiger partial charge is 0.406 e. The van der Waals surface area contributed by atoms with Crippen LogP contribution in [0.2, 0.25) is 0 Å². The largest absolute Gasteiger partial charge is 0.573 e. The number of rotatable bonds is 7. The van der Waals surface area contributed by atoms with Gasteiger partial charge in [-0.15, -0.1) is 18.3 Å². The third-order valence-electron chi connectivity index (χ3n) is 6.03. The van der Waals surface area contributed by atoms with Crippen molar-refractivity contribution in [3.63, 3.8) is 0 Å². The Morgan fingerprint density at radius 3 is 2.63 bits per heavy atom. The lowest BCUT2D eigenvalue weighted by Crippen LogP contribution is -2.32. The molecule has 1 saturated heterocycles. The van der Waals surface area contributed by atoms with Crippen LogP contribution in [0.5, 0.6) is 5.75 Å². The van der Waals surface area contributed by atoms with Gasteiger partial charge in [-0.25, -0.2) is 14.5 Å². The number of ether oxygens (including phenoxy) is 1. The van der Waals surface area contributed by atoms with Gasteiger partial charge in [0.05, 0.1) is 17.1 Å². The Hall–Kier alpha value is -4.65. The van der Waals surface area contributed by atoms with Crippen molar-refractivity contribution in [3.8, 4) is 22.8 Å². The fourth-order valence-corrected chi connectivity index (χ4v) is 5.01. The number of benzene rings is 3. The highest BCUT2D eigenvalue weighted by Crippen LogP contribution is 2.30. The molecule has 41 heavy (non-hydrogen) atoms. The van der Waals surface area contributed by atoms with Crippen LogP contribution < -0.4 is 15.0 Å². The monoisotopic (exact) mass is 580 g/mol. The Morgan fingerprint density at radius 1 is 1.10 bits per heavy atom. The molecule has 1 aromatic heterocycles. The van der Waals surface area contributed by atoms with Crippen LogP contribution in [0.15, 0.2) is 84.1 Å². The highest BCUT2D eigenvalue weighted by molar-refractivity contribution is 8.15. The molecule has 0 radical (unpaired) electrons. The zero-order chi connectivity index (χ0) is 29.0. The molecule has 210 valence electrons. The zero-order valence-electron chi connectivity index (χ0n) is 21.6. The predicted molar refractivity (Wildman–Crippen MR) is 149 cm³/mol. The SMILES string of the molecule is CCc1ccccc1N1C(=O)CSC1=NC(=O)NCc1cccc(-c2ncn(-c3ccc(OC(F)(F)F)cc3)n2)c1. The Kier molecular flexibility index (Phi) is 8.06. The quantitative estimate of drug-likeness (QED) is 0.299. The number of nitrogens with zero attached hydrogens (tertiary/aromatic N) is 5. The van der Waals surface area contributed by atoms with Gasteiger partial charge >= 0.3 is 12.4 Å². The lowest BCUT2D eigenvalue weighted by Gasteiger charge is -2.19. The second-order valence-electron chi connectivity index (χ2n) is 8.81. The first-order valence-corrected chi connectivity index (χ1v) is 13.5. The number of aromatic nitrogens is 3. The summed E-state index contributed by atoms with van der Waals surface area (Å²) in [6.07, 6.45) is -2.59. The molecular weight excluding hydrogens is 557 g/mol. The number of nitrogens with one attached hydrogen (secondary N) is 1. The normalized spacial score (nSPS) is 14.5. The second kappa shape index (κ2) is 11.8. The van der Waals surface area contributed by atoms with Gasteiger partial charge in [0, 0.05) is 12.1 Å². The van der Waals surface area contributed by atoms with Gasteiger partial charge in [-0.05, 0) is 53.9 Å². The minimum Gasteiger partial charge on any atom is -0.406 e. The lowest BCUT2D eigenvalue weighted by atomic mass is 10.1. The van der Waals surface area contributed by atoms with E-state index in [1.54, 1.807) is 12.1 Å². The van der Waals surface area contributed by atoms with E-state index in [9.17, 15) is 22.8 Å². The number of hydrogen-bond acceptors (Lipinski definition) is 6. The number of aliphatic imine (C=N–C) groups is 1. The number of amidine groups is 1. The van der Waals surface area contributed by atoms with Gasteiger partial charge in [-0.2, -0.15) is 4.99 Å². The summed E-state index contributed by atoms with van der Waals surface area (Å²) in [5.74, 6) is 0.128. The molecule has 4 aromatic rings. The Labute approximate surface area is 237 Å². The van der Waals surface area contributed by atoms with Crippen molar-refractivity contribution >= 4 is 34.6 Å². The van der Waals surface area contributed by atoms with Crippen molar-refractivity contribution in [2.75, 3.05) is 10.7 Å². The maximum Gasteiger partial charge on any atom is 0.573 e. The van der Waals surface area contributed by atoms with Gasteiger partial charge < -0.3 is 10.1 Å². The van der Waals surface area contributed by atoms with E-state index in [1.807, 2.05) is 43.3 Å². The molecule has 0 bridgehead atoms. The van der Waals surface area contributed by atoms with Crippen LogP contribution in [0.4, 0.5) is 23.7 Å². The topological polar surface area (TPSA) is 102 Å².